The van der Waals surface area contributed by atoms with Gasteiger partial charge in [-0.05, 0) is 24.0 Å². The van der Waals surface area contributed by atoms with E-state index >= 15 is 0 Å². The number of thiophene rings is 1. The number of nitrogens with two attached hydrogens (primary N) is 1. The van der Waals surface area contributed by atoms with Crippen LogP contribution in [0.4, 0.5) is 0 Å². The van der Waals surface area contributed by atoms with Crippen molar-refractivity contribution in [2.24, 2.45) is 12.8 Å². The molecule has 0 fully saturated rings. The summed E-state index contributed by atoms with van der Waals surface area (Å²) < 4.78 is 6.65. The number of amides is 1. The topological polar surface area (TPSA) is 90.4 Å². The second-order valence-corrected chi connectivity index (χ2v) is 6.24. The van der Waals surface area contributed by atoms with Crippen molar-refractivity contribution in [2.45, 2.75) is 17.1 Å². The summed E-state index contributed by atoms with van der Waals surface area (Å²) in [6, 6.07) is 0. The molecule has 0 spiro atoms. The molecule has 1 radical (unpaired) electrons. The van der Waals surface area contributed by atoms with E-state index in [9.17, 15) is 4.79 Å². The summed E-state index contributed by atoms with van der Waals surface area (Å²) in [5, 5.41) is 12.9. The molecule has 2 aromatic heterocycles. The number of aryl methyl sites for hydroxylation is 2. The van der Waals surface area contributed by atoms with E-state index in [2.05, 4.69) is 9.43 Å². The summed E-state index contributed by atoms with van der Waals surface area (Å²) in [5.41, 5.74) is 9.33. The molecule has 1 aliphatic rings. The molecule has 6 nitrogen and oxygen atoms in total. The quantitative estimate of drug-likeness (QED) is 0.395. The van der Waals surface area contributed by atoms with Crippen LogP contribution in [-0.2, 0) is 44.6 Å². The van der Waals surface area contributed by atoms with Crippen molar-refractivity contribution >= 4 is 29.3 Å². The Kier molecular flexibility index (Phi) is 4.69. The first-order chi connectivity index (χ1) is 9.13. The summed E-state index contributed by atoms with van der Waals surface area (Å²) in [6.45, 7) is 0. The van der Waals surface area contributed by atoms with Crippen LogP contribution in [0.25, 0.3) is 11.3 Å². The Balaban J connectivity index is 0.00000147. The van der Waals surface area contributed by atoms with E-state index < -0.39 is 5.91 Å². The molecular weight excluding hydrogens is 472 g/mol. The van der Waals surface area contributed by atoms with Crippen LogP contribution in [0.15, 0.2) is 10.4 Å². The number of carbonyl (C=O) groups excluding carboxylic acids is 1. The van der Waals surface area contributed by atoms with Gasteiger partial charge in [0.2, 0.25) is 0 Å². The minimum absolute atomic E-state index is 0. The number of nitrogens with zero attached hydrogens (tertiary/aromatic N) is 2. The van der Waals surface area contributed by atoms with Crippen molar-refractivity contribution in [1.29, 1.82) is 0 Å². The minimum Gasteiger partial charge on any atom is -0.365 e. The largest absolute Gasteiger partial charge is 0.365 e. The average molecular weight is 484 g/mol. The van der Waals surface area contributed by atoms with Gasteiger partial charge in [0.15, 0.2) is 0 Å². The summed E-state index contributed by atoms with van der Waals surface area (Å²) >= 11 is 2.07. The van der Waals surface area contributed by atoms with Gasteiger partial charge in [-0.15, -0.1) is 11.3 Å². The van der Waals surface area contributed by atoms with Crippen LogP contribution >= 0.6 is 23.4 Å². The molecule has 1 amide bonds. The molecule has 0 saturated carbocycles. The zero-order valence-electron chi connectivity index (χ0n) is 10.4. The Morgan fingerprint density at radius 3 is 3.00 bits per heavy atom. The van der Waals surface area contributed by atoms with Gasteiger partial charge in [0.25, 0.3) is 5.91 Å². The SMILES string of the molecule is Cn1ncc2c1-c1c(SOO)sc(C(N)=O)c1CC2.[Re]. The van der Waals surface area contributed by atoms with Crippen LogP contribution < -0.4 is 5.73 Å². The third-order valence-corrected chi connectivity index (χ3v) is 5.13. The molecule has 0 aliphatic heterocycles. The fourth-order valence-electron chi connectivity index (χ4n) is 2.46. The minimum atomic E-state index is -0.448. The fraction of sp³-hybridized carbons (Fsp3) is 0.273. The summed E-state index contributed by atoms with van der Waals surface area (Å²) in [7, 11) is 1.85. The predicted molar refractivity (Wildman–Crippen MR) is 72.0 cm³/mol. The average Bonchev–Trinajstić information content (AvgIpc) is 2.92. The van der Waals surface area contributed by atoms with E-state index in [0.717, 1.165) is 51.5 Å². The standard InChI is InChI=1S/C11H11N3O3S2.Re/c1-14-8-5(4-13-14)2-3-6-7(8)11(19-17-16)18-9(6)10(12)15;/h4,16H,2-3H2,1H3,(H2,12,15);. The van der Waals surface area contributed by atoms with Gasteiger partial charge in [-0.25, -0.2) is 5.26 Å². The molecule has 0 aromatic carbocycles. The first kappa shape index (κ1) is 15.7. The van der Waals surface area contributed by atoms with Crippen LogP contribution in [0, 0.1) is 0 Å². The second kappa shape index (κ2) is 5.97. The van der Waals surface area contributed by atoms with Crippen LogP contribution in [0.3, 0.4) is 0 Å². The van der Waals surface area contributed by atoms with Gasteiger partial charge >= 0.3 is 0 Å². The van der Waals surface area contributed by atoms with E-state index in [1.54, 1.807) is 4.68 Å². The zero-order valence-corrected chi connectivity index (χ0v) is 14.8. The van der Waals surface area contributed by atoms with Crippen molar-refractivity contribution < 1.29 is 34.8 Å². The maximum absolute atomic E-state index is 11.5. The summed E-state index contributed by atoms with van der Waals surface area (Å²) in [4.78, 5) is 12.1. The third-order valence-electron chi connectivity index (χ3n) is 3.21. The van der Waals surface area contributed by atoms with E-state index in [0.29, 0.717) is 4.88 Å². The summed E-state index contributed by atoms with van der Waals surface area (Å²) in [6.07, 6.45) is 3.40. The monoisotopic (exact) mass is 484 g/mol. The number of hydrogen-bond acceptors (Lipinski definition) is 6. The van der Waals surface area contributed by atoms with Crippen molar-refractivity contribution in [1.82, 2.24) is 9.78 Å². The smallest absolute Gasteiger partial charge is 0.259 e. The maximum atomic E-state index is 11.5. The molecule has 1 aliphatic carbocycles. The number of aromatic nitrogens is 2. The first-order valence-corrected chi connectivity index (χ1v) is 7.14. The maximum Gasteiger partial charge on any atom is 0.259 e. The number of carbonyl (C=O) groups is 1. The predicted octanol–water partition coefficient (Wildman–Crippen LogP) is 1.84. The van der Waals surface area contributed by atoms with Crippen LogP contribution in [0.2, 0.25) is 0 Å². The number of fused-ring (bicyclic) bond motifs is 3. The molecule has 0 atom stereocenters. The molecule has 0 saturated heterocycles. The third kappa shape index (κ3) is 2.35. The van der Waals surface area contributed by atoms with Crippen LogP contribution in [-0.4, -0.2) is 20.9 Å². The van der Waals surface area contributed by atoms with Gasteiger partial charge in [0.1, 0.15) is 4.21 Å². The zero-order chi connectivity index (χ0) is 13.6. The number of hydrogen-bond donors (Lipinski definition) is 2. The Morgan fingerprint density at radius 2 is 2.35 bits per heavy atom. The fourth-order valence-corrected chi connectivity index (χ4v) is 4.24. The molecule has 2 aromatic rings. The van der Waals surface area contributed by atoms with Gasteiger partial charge in [-0.2, -0.15) is 9.43 Å². The molecule has 107 valence electrons. The summed E-state index contributed by atoms with van der Waals surface area (Å²) in [5.74, 6) is -0.448. The molecule has 0 bridgehead atoms. The van der Waals surface area contributed by atoms with Crippen LogP contribution in [0.5, 0.6) is 0 Å². The van der Waals surface area contributed by atoms with Crippen molar-refractivity contribution in [3.05, 3.63) is 22.2 Å². The van der Waals surface area contributed by atoms with Crippen LogP contribution in [0.1, 0.15) is 20.8 Å². The van der Waals surface area contributed by atoms with Gasteiger partial charge in [-0.1, -0.05) is 0 Å². The van der Waals surface area contributed by atoms with Gasteiger partial charge < -0.3 is 5.73 Å². The van der Waals surface area contributed by atoms with E-state index in [1.807, 2.05) is 13.2 Å². The van der Waals surface area contributed by atoms with Crippen molar-refractivity contribution in [3.63, 3.8) is 0 Å². The van der Waals surface area contributed by atoms with Gasteiger partial charge in [0.05, 0.1) is 28.8 Å². The molecule has 3 rings (SSSR count). The van der Waals surface area contributed by atoms with E-state index in [1.165, 1.54) is 11.3 Å². The van der Waals surface area contributed by atoms with Crippen molar-refractivity contribution in [2.75, 3.05) is 0 Å². The molecule has 9 heteroatoms. The second-order valence-electron chi connectivity index (χ2n) is 4.24. The van der Waals surface area contributed by atoms with Gasteiger partial charge in [0, 0.05) is 33.0 Å². The Hall–Kier alpha value is -0.688. The molecule has 3 N–H and O–H groups in total. The molecule has 20 heavy (non-hydrogen) atoms. The Bertz CT molecular complexity index is 668. The Labute approximate surface area is 137 Å². The van der Waals surface area contributed by atoms with E-state index in [4.69, 9.17) is 11.0 Å². The number of rotatable bonds is 3. The normalized spacial score (nSPS) is 12.5. The molecular formula is C11H11N3O3ReS2. The molecule has 2 heterocycles. The van der Waals surface area contributed by atoms with E-state index in [-0.39, 0.29) is 20.4 Å². The van der Waals surface area contributed by atoms with Crippen molar-refractivity contribution in [3.8, 4) is 11.3 Å². The number of primary amides is 1. The molecule has 0 unspecified atom stereocenters. The Morgan fingerprint density at radius 1 is 1.60 bits per heavy atom. The van der Waals surface area contributed by atoms with Gasteiger partial charge in [-0.3, -0.25) is 9.48 Å². The first-order valence-electron chi connectivity index (χ1n) is 5.58.